The van der Waals surface area contributed by atoms with Gasteiger partial charge in [0.25, 0.3) is 5.88 Å². The summed E-state index contributed by atoms with van der Waals surface area (Å²) in [4.78, 5) is 3.74. The molecule has 0 aliphatic carbocycles. The normalized spacial score (nSPS) is 10.4. The minimum atomic E-state index is -0.625. The van der Waals surface area contributed by atoms with Crippen LogP contribution < -0.4 is 10.5 Å². The number of pyridine rings is 1. The Morgan fingerprint density at radius 1 is 1.22 bits per heavy atom. The van der Waals surface area contributed by atoms with Crippen LogP contribution in [0, 0.1) is 11.6 Å². The maximum Gasteiger partial charge on any atom is 0.250 e. The molecule has 1 aromatic carbocycles. The third-order valence-corrected chi connectivity index (χ3v) is 2.63. The van der Waals surface area contributed by atoms with E-state index in [9.17, 15) is 8.78 Å². The average Bonchev–Trinajstić information content (AvgIpc) is 2.39. The number of ether oxygens (including phenoxy) is 1. The monoisotopic (exact) mass is 250 g/mol. The van der Waals surface area contributed by atoms with Gasteiger partial charge in [-0.3, -0.25) is 0 Å². The first-order valence-corrected chi connectivity index (χ1v) is 5.34. The number of methoxy groups -OCH3 is 1. The quantitative estimate of drug-likeness (QED) is 0.910. The van der Waals surface area contributed by atoms with E-state index in [1.54, 1.807) is 0 Å². The molecule has 0 fully saturated rings. The van der Waals surface area contributed by atoms with Crippen molar-refractivity contribution in [2.75, 3.05) is 7.11 Å². The highest BCUT2D eigenvalue weighted by molar-refractivity contribution is 5.68. The lowest BCUT2D eigenvalue weighted by atomic mass is 10.00. The van der Waals surface area contributed by atoms with Gasteiger partial charge < -0.3 is 10.5 Å². The lowest BCUT2D eigenvalue weighted by Gasteiger charge is -2.10. The Bertz CT molecular complexity index is 573. The van der Waals surface area contributed by atoms with Gasteiger partial charge in [-0.1, -0.05) is 6.07 Å². The van der Waals surface area contributed by atoms with E-state index >= 15 is 0 Å². The third kappa shape index (κ3) is 2.17. The molecular weight excluding hydrogens is 238 g/mol. The predicted molar refractivity (Wildman–Crippen MR) is 64.0 cm³/mol. The number of aromatic nitrogens is 1. The molecule has 0 amide bonds. The van der Waals surface area contributed by atoms with Crippen molar-refractivity contribution in [3.05, 3.63) is 47.7 Å². The summed E-state index contributed by atoms with van der Waals surface area (Å²) >= 11 is 0. The number of benzene rings is 1. The Labute approximate surface area is 103 Å². The van der Waals surface area contributed by atoms with Gasteiger partial charge in [0.1, 0.15) is 5.82 Å². The summed E-state index contributed by atoms with van der Waals surface area (Å²) in [5.41, 5.74) is 6.86. The van der Waals surface area contributed by atoms with Crippen molar-refractivity contribution >= 4 is 0 Å². The van der Waals surface area contributed by atoms with Gasteiger partial charge in [0.15, 0.2) is 5.82 Å². The molecule has 0 atom stereocenters. The van der Waals surface area contributed by atoms with Crippen molar-refractivity contribution in [1.29, 1.82) is 0 Å². The van der Waals surface area contributed by atoms with Crippen molar-refractivity contribution in [2.24, 2.45) is 5.73 Å². The standard InChI is InChI=1S/C13H12F2N2O/c1-18-13-12(15)10(4-5-17-13)11-6-9(14)3-2-8(11)7-16/h2-6H,7,16H2,1H3. The summed E-state index contributed by atoms with van der Waals surface area (Å²) in [5.74, 6) is -1.20. The van der Waals surface area contributed by atoms with Gasteiger partial charge in [-0.15, -0.1) is 0 Å². The molecule has 5 heteroatoms. The Morgan fingerprint density at radius 2 is 2.00 bits per heavy atom. The van der Waals surface area contributed by atoms with Gasteiger partial charge in [0.05, 0.1) is 7.11 Å². The molecule has 3 nitrogen and oxygen atoms in total. The summed E-state index contributed by atoms with van der Waals surface area (Å²) in [6, 6.07) is 5.55. The van der Waals surface area contributed by atoms with Gasteiger partial charge >= 0.3 is 0 Å². The molecule has 18 heavy (non-hydrogen) atoms. The molecule has 1 heterocycles. The zero-order chi connectivity index (χ0) is 13.1. The smallest absolute Gasteiger partial charge is 0.250 e. The predicted octanol–water partition coefficient (Wildman–Crippen LogP) is 2.49. The van der Waals surface area contributed by atoms with E-state index in [-0.39, 0.29) is 18.0 Å². The van der Waals surface area contributed by atoms with E-state index in [4.69, 9.17) is 10.5 Å². The van der Waals surface area contributed by atoms with Gasteiger partial charge in [-0.2, -0.15) is 0 Å². The van der Waals surface area contributed by atoms with E-state index in [0.717, 1.165) is 0 Å². The molecule has 0 unspecified atom stereocenters. The first-order chi connectivity index (χ1) is 8.67. The molecule has 94 valence electrons. The van der Waals surface area contributed by atoms with Crippen LogP contribution >= 0.6 is 0 Å². The molecule has 2 N–H and O–H groups in total. The average molecular weight is 250 g/mol. The van der Waals surface area contributed by atoms with Crippen LogP contribution in [0.4, 0.5) is 8.78 Å². The fourth-order valence-corrected chi connectivity index (χ4v) is 1.75. The minimum absolute atomic E-state index is 0.125. The second-order valence-corrected chi connectivity index (χ2v) is 3.69. The lowest BCUT2D eigenvalue weighted by Crippen LogP contribution is -2.01. The maximum absolute atomic E-state index is 14.1. The van der Waals surface area contributed by atoms with E-state index in [0.29, 0.717) is 11.1 Å². The highest BCUT2D eigenvalue weighted by Gasteiger charge is 2.14. The first kappa shape index (κ1) is 12.4. The van der Waals surface area contributed by atoms with E-state index < -0.39 is 11.6 Å². The van der Waals surface area contributed by atoms with E-state index in [1.165, 1.54) is 37.6 Å². The number of halogens is 2. The van der Waals surface area contributed by atoms with Crippen molar-refractivity contribution < 1.29 is 13.5 Å². The zero-order valence-electron chi connectivity index (χ0n) is 9.78. The number of nitrogens with two attached hydrogens (primary N) is 1. The van der Waals surface area contributed by atoms with Crippen LogP contribution in [0.15, 0.2) is 30.5 Å². The highest BCUT2D eigenvalue weighted by atomic mass is 19.1. The van der Waals surface area contributed by atoms with Crippen LogP contribution in [-0.2, 0) is 6.54 Å². The van der Waals surface area contributed by atoms with Gasteiger partial charge in [0.2, 0.25) is 0 Å². The Morgan fingerprint density at radius 3 is 2.67 bits per heavy atom. The molecule has 2 aromatic rings. The molecule has 2 rings (SSSR count). The Balaban J connectivity index is 2.64. The molecule has 0 aliphatic heterocycles. The van der Waals surface area contributed by atoms with Crippen molar-refractivity contribution in [2.45, 2.75) is 6.54 Å². The summed E-state index contributed by atoms with van der Waals surface area (Å²) < 4.78 is 32.1. The molecule has 0 saturated heterocycles. The summed E-state index contributed by atoms with van der Waals surface area (Å²) in [6.07, 6.45) is 1.41. The molecule has 0 radical (unpaired) electrons. The SMILES string of the molecule is COc1nccc(-c2cc(F)ccc2CN)c1F. The summed E-state index contributed by atoms with van der Waals surface area (Å²) in [5, 5.41) is 0. The van der Waals surface area contributed by atoms with Crippen LogP contribution in [0.2, 0.25) is 0 Å². The molecule has 0 spiro atoms. The van der Waals surface area contributed by atoms with Crippen LogP contribution in [0.25, 0.3) is 11.1 Å². The highest BCUT2D eigenvalue weighted by Crippen LogP contribution is 2.30. The molecule has 0 aliphatic rings. The number of hydrogen-bond acceptors (Lipinski definition) is 3. The summed E-state index contributed by atoms with van der Waals surface area (Å²) in [7, 11) is 1.32. The number of nitrogens with zero attached hydrogens (tertiary/aromatic N) is 1. The Kier molecular flexibility index (Phi) is 3.53. The zero-order valence-corrected chi connectivity index (χ0v) is 9.78. The van der Waals surface area contributed by atoms with Crippen LogP contribution in [0.1, 0.15) is 5.56 Å². The van der Waals surface area contributed by atoms with Crippen molar-refractivity contribution in [1.82, 2.24) is 4.98 Å². The van der Waals surface area contributed by atoms with Crippen LogP contribution in [0.5, 0.6) is 5.88 Å². The van der Waals surface area contributed by atoms with Gasteiger partial charge in [-0.05, 0) is 29.3 Å². The third-order valence-electron chi connectivity index (χ3n) is 2.63. The van der Waals surface area contributed by atoms with Crippen LogP contribution in [-0.4, -0.2) is 12.1 Å². The maximum atomic E-state index is 14.1. The second kappa shape index (κ2) is 5.10. The minimum Gasteiger partial charge on any atom is -0.479 e. The molecule has 1 aromatic heterocycles. The van der Waals surface area contributed by atoms with E-state index in [1.807, 2.05) is 0 Å². The second-order valence-electron chi connectivity index (χ2n) is 3.69. The first-order valence-electron chi connectivity index (χ1n) is 5.34. The lowest BCUT2D eigenvalue weighted by molar-refractivity contribution is 0.370. The van der Waals surface area contributed by atoms with Gasteiger partial charge in [0, 0.05) is 18.3 Å². The fourth-order valence-electron chi connectivity index (χ4n) is 1.75. The topological polar surface area (TPSA) is 48.1 Å². The number of hydrogen-bond donors (Lipinski definition) is 1. The fraction of sp³-hybridized carbons (Fsp3) is 0.154. The Hall–Kier alpha value is -2.01. The van der Waals surface area contributed by atoms with E-state index in [2.05, 4.69) is 4.98 Å². The molecule has 0 bridgehead atoms. The molecule has 0 saturated carbocycles. The van der Waals surface area contributed by atoms with Crippen molar-refractivity contribution in [3.63, 3.8) is 0 Å². The van der Waals surface area contributed by atoms with Gasteiger partial charge in [-0.25, -0.2) is 13.8 Å². The number of rotatable bonds is 3. The van der Waals surface area contributed by atoms with Crippen LogP contribution in [0.3, 0.4) is 0 Å². The molecular formula is C13H12F2N2O. The summed E-state index contributed by atoms with van der Waals surface area (Å²) in [6.45, 7) is 0.194. The van der Waals surface area contributed by atoms with Crippen molar-refractivity contribution in [3.8, 4) is 17.0 Å². The largest absolute Gasteiger partial charge is 0.479 e.